The van der Waals surface area contributed by atoms with Crippen LogP contribution < -0.4 is 0 Å². The molecule has 0 aliphatic heterocycles. The van der Waals surface area contributed by atoms with Crippen LogP contribution in [-0.4, -0.2) is 0 Å². The second kappa shape index (κ2) is 26.3. The van der Waals surface area contributed by atoms with E-state index in [-0.39, 0.29) is 0 Å². The summed E-state index contributed by atoms with van der Waals surface area (Å²) in [4.78, 5) is 0. The second-order valence-corrected chi connectivity index (χ2v) is 9.26. The third kappa shape index (κ3) is 23.5. The Balaban J connectivity index is 4.06. The van der Waals surface area contributed by atoms with Crippen LogP contribution in [0.25, 0.3) is 0 Å². The van der Waals surface area contributed by atoms with Crippen LogP contribution in [0.1, 0.15) is 162 Å². The summed E-state index contributed by atoms with van der Waals surface area (Å²) < 4.78 is 0. The Labute approximate surface area is 191 Å². The summed E-state index contributed by atoms with van der Waals surface area (Å²) in [6.45, 7) is 6.88. The SMILES string of the molecule is CCCCCCCCCC=C=C(/C=C/CCCCCCCCCC)CCCCCC. The van der Waals surface area contributed by atoms with Gasteiger partial charge in [-0.15, -0.1) is 5.73 Å². The van der Waals surface area contributed by atoms with Crippen molar-refractivity contribution in [1.29, 1.82) is 0 Å². The summed E-state index contributed by atoms with van der Waals surface area (Å²) in [6, 6.07) is 0. The monoisotopic (exact) mass is 416 g/mol. The van der Waals surface area contributed by atoms with Crippen molar-refractivity contribution in [3.8, 4) is 0 Å². The third-order valence-electron chi connectivity index (χ3n) is 6.08. The first-order valence-electron chi connectivity index (χ1n) is 14.0. The lowest BCUT2D eigenvalue weighted by Crippen LogP contribution is -1.82. The molecule has 0 bridgehead atoms. The van der Waals surface area contributed by atoms with Gasteiger partial charge in [0.2, 0.25) is 0 Å². The summed E-state index contributed by atoms with van der Waals surface area (Å²) in [5, 5.41) is 0. The predicted molar refractivity (Wildman–Crippen MR) is 139 cm³/mol. The molecule has 0 radical (unpaired) electrons. The Morgan fingerprint density at radius 3 is 1.47 bits per heavy atom. The van der Waals surface area contributed by atoms with Gasteiger partial charge in [0.1, 0.15) is 0 Å². The molecule has 0 atom stereocenters. The highest BCUT2D eigenvalue weighted by atomic mass is 14.0. The Hall–Kier alpha value is -0.740. The first-order chi connectivity index (χ1) is 14.8. The van der Waals surface area contributed by atoms with Crippen molar-refractivity contribution < 1.29 is 0 Å². The van der Waals surface area contributed by atoms with E-state index in [1.807, 2.05) is 0 Å². The molecule has 0 rings (SSSR count). The van der Waals surface area contributed by atoms with Crippen LogP contribution in [0.2, 0.25) is 0 Å². The molecule has 0 saturated carbocycles. The fourth-order valence-electron chi connectivity index (χ4n) is 3.97. The van der Waals surface area contributed by atoms with Gasteiger partial charge in [0.25, 0.3) is 0 Å². The Morgan fingerprint density at radius 1 is 0.500 bits per heavy atom. The quantitative estimate of drug-likeness (QED) is 0.0882. The minimum absolute atomic E-state index is 1.21. The molecule has 0 aromatic rings. The average molecular weight is 417 g/mol. The van der Waals surface area contributed by atoms with Gasteiger partial charge in [-0.25, -0.2) is 0 Å². The average Bonchev–Trinajstić information content (AvgIpc) is 2.76. The van der Waals surface area contributed by atoms with E-state index in [1.54, 1.807) is 0 Å². The van der Waals surface area contributed by atoms with Crippen LogP contribution in [0.5, 0.6) is 0 Å². The molecule has 0 heterocycles. The molecule has 0 nitrogen and oxygen atoms in total. The maximum Gasteiger partial charge on any atom is -0.00669 e. The lowest BCUT2D eigenvalue weighted by atomic mass is 10.0. The van der Waals surface area contributed by atoms with E-state index in [9.17, 15) is 0 Å². The first kappa shape index (κ1) is 29.3. The van der Waals surface area contributed by atoms with Crippen molar-refractivity contribution in [1.82, 2.24) is 0 Å². The Kier molecular flexibility index (Phi) is 25.6. The van der Waals surface area contributed by atoms with Gasteiger partial charge < -0.3 is 0 Å². The third-order valence-corrected chi connectivity index (χ3v) is 6.08. The minimum Gasteiger partial charge on any atom is -0.122 e. The van der Waals surface area contributed by atoms with Crippen LogP contribution in [0, 0.1) is 0 Å². The molecule has 0 fully saturated rings. The highest BCUT2D eigenvalue weighted by Crippen LogP contribution is 2.14. The molecule has 30 heavy (non-hydrogen) atoms. The molecule has 0 saturated heterocycles. The van der Waals surface area contributed by atoms with E-state index in [2.05, 4.69) is 44.7 Å². The zero-order valence-corrected chi connectivity index (χ0v) is 21.3. The van der Waals surface area contributed by atoms with Gasteiger partial charge in [-0.05, 0) is 50.2 Å². The first-order valence-corrected chi connectivity index (χ1v) is 14.0. The molecular weight excluding hydrogens is 360 g/mol. The van der Waals surface area contributed by atoms with E-state index in [1.165, 1.54) is 147 Å². The number of allylic oxidation sites excluding steroid dienone is 3. The summed E-state index contributed by atoms with van der Waals surface area (Å²) in [5.41, 5.74) is 5.08. The molecule has 0 aromatic heterocycles. The highest BCUT2D eigenvalue weighted by Gasteiger charge is 1.95. The number of hydrogen-bond donors (Lipinski definition) is 0. The van der Waals surface area contributed by atoms with Crippen LogP contribution in [0.15, 0.2) is 29.5 Å². The van der Waals surface area contributed by atoms with Gasteiger partial charge in [-0.1, -0.05) is 136 Å². The zero-order chi connectivity index (χ0) is 22.0. The predicted octanol–water partition coefficient (Wildman–Crippen LogP) is 11.3. The lowest BCUT2D eigenvalue weighted by molar-refractivity contribution is 0.577. The number of unbranched alkanes of at least 4 members (excludes halogenated alkanes) is 18. The van der Waals surface area contributed by atoms with Crippen LogP contribution in [-0.2, 0) is 0 Å². The molecule has 0 unspecified atom stereocenters. The van der Waals surface area contributed by atoms with Gasteiger partial charge in [0, 0.05) is 0 Å². The number of hydrogen-bond acceptors (Lipinski definition) is 0. The van der Waals surface area contributed by atoms with Crippen molar-refractivity contribution in [3.63, 3.8) is 0 Å². The zero-order valence-electron chi connectivity index (χ0n) is 21.3. The van der Waals surface area contributed by atoms with Crippen LogP contribution >= 0.6 is 0 Å². The molecule has 176 valence electrons. The molecule has 0 N–H and O–H groups in total. The van der Waals surface area contributed by atoms with Crippen molar-refractivity contribution in [2.24, 2.45) is 0 Å². The molecule has 0 aliphatic rings. The maximum atomic E-state index is 3.64. The van der Waals surface area contributed by atoms with Crippen molar-refractivity contribution in [2.45, 2.75) is 162 Å². The van der Waals surface area contributed by atoms with E-state index < -0.39 is 0 Å². The standard InChI is InChI=1S/C30H56/c1-4-7-10-13-15-17-19-21-23-26-29-30(27-24-12-9-6-3)28-25-22-20-18-16-14-11-8-5-2/h25-26,29H,4-24,27H2,1-3H3/b29-26+. The minimum atomic E-state index is 1.21. The maximum absolute atomic E-state index is 3.64. The fourth-order valence-corrected chi connectivity index (χ4v) is 3.97. The van der Waals surface area contributed by atoms with Gasteiger partial charge in [0.15, 0.2) is 0 Å². The molecule has 0 aromatic carbocycles. The molecular formula is C30H56. The van der Waals surface area contributed by atoms with Gasteiger partial charge in [0.05, 0.1) is 0 Å². The summed E-state index contributed by atoms with van der Waals surface area (Å²) in [5.74, 6) is 0. The van der Waals surface area contributed by atoms with E-state index >= 15 is 0 Å². The highest BCUT2D eigenvalue weighted by molar-refractivity contribution is 5.18. The van der Waals surface area contributed by atoms with Crippen molar-refractivity contribution in [3.05, 3.63) is 29.5 Å². The van der Waals surface area contributed by atoms with Gasteiger partial charge in [-0.2, -0.15) is 0 Å². The van der Waals surface area contributed by atoms with Crippen molar-refractivity contribution >= 4 is 0 Å². The normalized spacial score (nSPS) is 11.2. The molecule has 0 aliphatic carbocycles. The van der Waals surface area contributed by atoms with Crippen LogP contribution in [0.3, 0.4) is 0 Å². The molecule has 0 amide bonds. The topological polar surface area (TPSA) is 0 Å². The van der Waals surface area contributed by atoms with E-state index in [0.29, 0.717) is 0 Å². The Morgan fingerprint density at radius 2 is 0.933 bits per heavy atom. The fraction of sp³-hybridized carbons (Fsp3) is 0.833. The largest absolute Gasteiger partial charge is 0.122 e. The Bertz CT molecular complexity index is 408. The van der Waals surface area contributed by atoms with Gasteiger partial charge in [-0.3, -0.25) is 0 Å². The number of rotatable bonds is 23. The summed E-state index contributed by atoms with van der Waals surface area (Å²) in [6.07, 6.45) is 37.2. The smallest absolute Gasteiger partial charge is 0.00669 e. The summed E-state index contributed by atoms with van der Waals surface area (Å²) >= 11 is 0. The van der Waals surface area contributed by atoms with E-state index in [4.69, 9.17) is 0 Å². The molecule has 0 spiro atoms. The van der Waals surface area contributed by atoms with Gasteiger partial charge >= 0.3 is 0 Å². The lowest BCUT2D eigenvalue weighted by Gasteiger charge is -2.01. The second-order valence-electron chi connectivity index (χ2n) is 9.26. The van der Waals surface area contributed by atoms with Crippen molar-refractivity contribution in [2.75, 3.05) is 0 Å². The molecule has 0 heteroatoms. The summed E-state index contributed by atoms with van der Waals surface area (Å²) in [7, 11) is 0. The van der Waals surface area contributed by atoms with E-state index in [0.717, 1.165) is 0 Å². The van der Waals surface area contributed by atoms with Crippen LogP contribution in [0.4, 0.5) is 0 Å².